The lowest BCUT2D eigenvalue weighted by molar-refractivity contribution is -0.120. The number of thioether (sulfide) groups is 1. The van der Waals surface area contributed by atoms with Crippen molar-refractivity contribution >= 4 is 38.7 Å². The molecule has 140 valence electrons. The third-order valence-corrected chi connectivity index (χ3v) is 6.20. The lowest BCUT2D eigenvalue weighted by atomic mass is 9.90. The molecule has 26 heavy (non-hydrogen) atoms. The van der Waals surface area contributed by atoms with E-state index in [-0.39, 0.29) is 22.5 Å². The predicted molar refractivity (Wildman–Crippen MR) is 99.8 cm³/mol. The van der Waals surface area contributed by atoms with Gasteiger partial charge in [-0.3, -0.25) is 4.79 Å². The number of primary sulfonamides is 1. The van der Waals surface area contributed by atoms with E-state index in [1.165, 1.54) is 23.9 Å². The summed E-state index contributed by atoms with van der Waals surface area (Å²) in [5, 5.41) is 17.7. The van der Waals surface area contributed by atoms with Crippen LogP contribution in [-0.2, 0) is 21.9 Å². The number of carbonyl (C=O) groups is 1. The summed E-state index contributed by atoms with van der Waals surface area (Å²) in [4.78, 5) is 16.5. The summed E-state index contributed by atoms with van der Waals surface area (Å²) in [6.07, 6.45) is 0. The van der Waals surface area contributed by atoms with Gasteiger partial charge in [0, 0.05) is 7.05 Å². The maximum absolute atomic E-state index is 12.2. The van der Waals surface area contributed by atoms with Crippen molar-refractivity contribution in [2.45, 2.75) is 36.4 Å². The first kappa shape index (κ1) is 20.2. The number of imidazole rings is 1. The molecule has 0 unspecified atom stereocenters. The van der Waals surface area contributed by atoms with Crippen LogP contribution in [0.25, 0.3) is 11.0 Å². The van der Waals surface area contributed by atoms with E-state index >= 15 is 0 Å². The van der Waals surface area contributed by atoms with Crippen LogP contribution in [0.2, 0.25) is 0 Å². The second kappa shape index (κ2) is 7.26. The Kier molecular flexibility index (Phi) is 5.65. The molecule has 0 radical (unpaired) electrons. The van der Waals surface area contributed by atoms with Crippen molar-refractivity contribution in [2.75, 3.05) is 5.75 Å². The average Bonchev–Trinajstić information content (AvgIpc) is 2.87. The molecule has 0 aliphatic carbocycles. The number of aryl methyl sites for hydroxylation is 1. The summed E-state index contributed by atoms with van der Waals surface area (Å²) >= 11 is 1.21. The van der Waals surface area contributed by atoms with Crippen molar-refractivity contribution in [1.29, 1.82) is 5.26 Å². The van der Waals surface area contributed by atoms with Gasteiger partial charge in [-0.1, -0.05) is 25.6 Å². The van der Waals surface area contributed by atoms with E-state index in [0.29, 0.717) is 10.7 Å². The number of benzene rings is 1. The fourth-order valence-electron chi connectivity index (χ4n) is 2.22. The summed E-state index contributed by atoms with van der Waals surface area (Å²) in [6, 6.07) is 6.57. The molecular formula is C16H21N5O3S2. The summed E-state index contributed by atoms with van der Waals surface area (Å²) in [7, 11) is -2.03. The lowest BCUT2D eigenvalue weighted by Gasteiger charge is -2.27. The Labute approximate surface area is 156 Å². The van der Waals surface area contributed by atoms with E-state index in [2.05, 4.69) is 16.4 Å². The number of nitrogens with one attached hydrogen (secondary N) is 1. The van der Waals surface area contributed by atoms with Crippen LogP contribution in [0.1, 0.15) is 20.8 Å². The molecule has 1 aromatic heterocycles. The van der Waals surface area contributed by atoms with Gasteiger partial charge in [-0.25, -0.2) is 18.5 Å². The molecule has 0 fully saturated rings. The first-order chi connectivity index (χ1) is 12.0. The number of nitriles is 1. The molecule has 1 amide bonds. The maximum atomic E-state index is 12.2. The van der Waals surface area contributed by atoms with Crippen molar-refractivity contribution in [3.05, 3.63) is 18.2 Å². The minimum Gasteiger partial charge on any atom is -0.337 e. The molecule has 0 bridgehead atoms. The molecule has 1 heterocycles. The number of amides is 1. The number of carbonyl (C=O) groups excluding carboxylic acids is 1. The third kappa shape index (κ3) is 4.17. The first-order valence-electron chi connectivity index (χ1n) is 7.82. The molecule has 2 aromatic rings. The van der Waals surface area contributed by atoms with Crippen LogP contribution < -0.4 is 10.5 Å². The molecule has 0 aliphatic rings. The minimum absolute atomic E-state index is 0.0147. The average molecular weight is 396 g/mol. The highest BCUT2D eigenvalue weighted by atomic mass is 32.2. The van der Waals surface area contributed by atoms with E-state index < -0.39 is 15.6 Å². The SMILES string of the molecule is CC(C)[C@](C)(C#N)NC(=O)CSc1nc2cc(S(N)(=O)=O)ccc2n1C. The second-order valence-corrected chi connectivity index (χ2v) is 8.96. The van der Waals surface area contributed by atoms with Gasteiger partial charge < -0.3 is 9.88 Å². The van der Waals surface area contributed by atoms with Crippen LogP contribution >= 0.6 is 11.8 Å². The Bertz CT molecular complexity index is 991. The molecule has 2 rings (SSSR count). The Morgan fingerprint density at radius 2 is 2.15 bits per heavy atom. The zero-order valence-corrected chi connectivity index (χ0v) is 16.6. The predicted octanol–water partition coefficient (Wildman–Crippen LogP) is 1.37. The lowest BCUT2D eigenvalue weighted by Crippen LogP contribution is -2.49. The normalized spacial score (nSPS) is 14.2. The molecule has 0 aliphatic heterocycles. The standard InChI is InChI=1S/C16H21N5O3S2/c1-10(2)16(3,9-17)20-14(22)8-25-15-19-12-7-11(26(18,23)24)5-6-13(12)21(15)4/h5-7,10H,8H2,1-4H3,(H,20,22)(H2,18,23,24)/t16-/m0/s1. The smallest absolute Gasteiger partial charge is 0.238 e. The molecule has 3 N–H and O–H groups in total. The number of hydrogen-bond donors (Lipinski definition) is 2. The second-order valence-electron chi connectivity index (χ2n) is 6.45. The fraction of sp³-hybridized carbons (Fsp3) is 0.438. The number of hydrogen-bond acceptors (Lipinski definition) is 6. The fourth-order valence-corrected chi connectivity index (χ4v) is 3.54. The minimum atomic E-state index is -3.81. The Morgan fingerprint density at radius 1 is 1.50 bits per heavy atom. The van der Waals surface area contributed by atoms with E-state index in [1.54, 1.807) is 24.6 Å². The van der Waals surface area contributed by atoms with Gasteiger partial charge in [-0.2, -0.15) is 5.26 Å². The highest BCUT2D eigenvalue weighted by Gasteiger charge is 2.30. The van der Waals surface area contributed by atoms with E-state index in [4.69, 9.17) is 5.14 Å². The monoisotopic (exact) mass is 395 g/mol. The zero-order chi connectivity index (χ0) is 19.7. The third-order valence-electron chi connectivity index (χ3n) is 4.26. The molecule has 0 spiro atoms. The maximum Gasteiger partial charge on any atom is 0.238 e. The number of rotatable bonds is 6. The molecule has 10 heteroatoms. The van der Waals surface area contributed by atoms with Crippen LogP contribution in [0.4, 0.5) is 0 Å². The number of sulfonamides is 1. The molecular weight excluding hydrogens is 374 g/mol. The van der Waals surface area contributed by atoms with Gasteiger partial charge in [-0.15, -0.1) is 0 Å². The Morgan fingerprint density at radius 3 is 2.69 bits per heavy atom. The van der Waals surface area contributed by atoms with Crippen LogP contribution in [0, 0.1) is 17.2 Å². The molecule has 0 saturated carbocycles. The van der Waals surface area contributed by atoms with Gasteiger partial charge in [0.2, 0.25) is 15.9 Å². The van der Waals surface area contributed by atoms with Gasteiger partial charge in [0.05, 0.1) is 27.8 Å². The van der Waals surface area contributed by atoms with Crippen LogP contribution in [0.3, 0.4) is 0 Å². The van der Waals surface area contributed by atoms with Gasteiger partial charge in [0.25, 0.3) is 0 Å². The number of nitrogens with zero attached hydrogens (tertiary/aromatic N) is 3. The molecule has 8 nitrogen and oxygen atoms in total. The van der Waals surface area contributed by atoms with E-state index in [0.717, 1.165) is 5.52 Å². The summed E-state index contributed by atoms with van der Waals surface area (Å²) in [5.74, 6) is -0.220. The number of fused-ring (bicyclic) bond motifs is 1. The topological polar surface area (TPSA) is 131 Å². The van der Waals surface area contributed by atoms with Crippen LogP contribution in [0.15, 0.2) is 28.3 Å². The molecule has 1 aromatic carbocycles. The van der Waals surface area contributed by atoms with Crippen LogP contribution in [-0.4, -0.2) is 35.2 Å². The molecule has 1 atom stereocenters. The largest absolute Gasteiger partial charge is 0.337 e. The first-order valence-corrected chi connectivity index (χ1v) is 10.4. The van der Waals surface area contributed by atoms with Crippen molar-refractivity contribution in [3.8, 4) is 6.07 Å². The highest BCUT2D eigenvalue weighted by Crippen LogP contribution is 2.25. The quantitative estimate of drug-likeness (QED) is 0.710. The van der Waals surface area contributed by atoms with Crippen LogP contribution in [0.5, 0.6) is 0 Å². The van der Waals surface area contributed by atoms with Gasteiger partial charge in [-0.05, 0) is 31.0 Å². The molecule has 0 saturated heterocycles. The van der Waals surface area contributed by atoms with Crippen molar-refractivity contribution < 1.29 is 13.2 Å². The summed E-state index contributed by atoms with van der Waals surface area (Å²) in [6.45, 7) is 5.42. The summed E-state index contributed by atoms with van der Waals surface area (Å²) in [5.41, 5.74) is 0.268. The number of nitrogens with two attached hydrogens (primary N) is 1. The Hall–Kier alpha value is -2.09. The van der Waals surface area contributed by atoms with Gasteiger partial charge >= 0.3 is 0 Å². The highest BCUT2D eigenvalue weighted by molar-refractivity contribution is 7.99. The van der Waals surface area contributed by atoms with Crippen molar-refractivity contribution in [3.63, 3.8) is 0 Å². The van der Waals surface area contributed by atoms with Crippen molar-refractivity contribution in [2.24, 2.45) is 18.1 Å². The summed E-state index contributed by atoms with van der Waals surface area (Å²) < 4.78 is 24.7. The van der Waals surface area contributed by atoms with E-state index in [1.807, 2.05) is 13.8 Å². The Balaban J connectivity index is 2.18. The van der Waals surface area contributed by atoms with Crippen molar-refractivity contribution in [1.82, 2.24) is 14.9 Å². The zero-order valence-electron chi connectivity index (χ0n) is 15.0. The van der Waals surface area contributed by atoms with Gasteiger partial charge in [0.1, 0.15) is 5.54 Å². The van der Waals surface area contributed by atoms with E-state index in [9.17, 15) is 18.5 Å². The van der Waals surface area contributed by atoms with Gasteiger partial charge in [0.15, 0.2) is 5.16 Å². The number of aromatic nitrogens is 2.